The van der Waals surface area contributed by atoms with Gasteiger partial charge in [0.1, 0.15) is 17.5 Å². The van der Waals surface area contributed by atoms with Gasteiger partial charge in [-0.15, -0.1) is 0 Å². The zero-order valence-electron chi connectivity index (χ0n) is 16.2. The summed E-state index contributed by atoms with van der Waals surface area (Å²) in [6.45, 7) is 9.97. The van der Waals surface area contributed by atoms with E-state index in [0.717, 1.165) is 12.0 Å². The van der Waals surface area contributed by atoms with Crippen LogP contribution >= 0.6 is 0 Å². The van der Waals surface area contributed by atoms with Crippen LogP contribution in [-0.2, 0) is 16.1 Å². The van der Waals surface area contributed by atoms with Crippen molar-refractivity contribution >= 4 is 5.97 Å². The van der Waals surface area contributed by atoms with Crippen LogP contribution < -0.4 is 5.69 Å². The van der Waals surface area contributed by atoms with Gasteiger partial charge in [-0.1, -0.05) is 36.8 Å². The second-order valence-corrected chi connectivity index (χ2v) is 8.18. The lowest BCUT2D eigenvalue weighted by Gasteiger charge is -2.28. The van der Waals surface area contributed by atoms with Crippen LogP contribution in [0.15, 0.2) is 29.1 Å². The number of nitrogens with zero attached hydrogens (tertiary/aromatic N) is 3. The molecule has 0 spiro atoms. The third-order valence-electron chi connectivity index (χ3n) is 4.65. The highest BCUT2D eigenvalue weighted by Crippen LogP contribution is 2.32. The molecule has 0 fully saturated rings. The van der Waals surface area contributed by atoms with Gasteiger partial charge in [0.05, 0.1) is 6.54 Å². The van der Waals surface area contributed by atoms with Crippen molar-refractivity contribution < 1.29 is 9.53 Å². The number of hydrogen-bond donors (Lipinski definition) is 0. The van der Waals surface area contributed by atoms with Gasteiger partial charge in [-0.2, -0.15) is 5.10 Å². The first-order chi connectivity index (χ1) is 12.2. The van der Waals surface area contributed by atoms with Crippen LogP contribution in [0.3, 0.4) is 0 Å². The fraction of sp³-hybridized carbons (Fsp3) is 0.550. The molecule has 0 saturated heterocycles. The van der Waals surface area contributed by atoms with Crippen LogP contribution in [0.1, 0.15) is 69.4 Å². The van der Waals surface area contributed by atoms with Gasteiger partial charge in [0.25, 0.3) is 0 Å². The van der Waals surface area contributed by atoms with E-state index in [4.69, 9.17) is 4.74 Å². The molecule has 26 heavy (non-hydrogen) atoms. The minimum atomic E-state index is -0.598. The summed E-state index contributed by atoms with van der Waals surface area (Å²) < 4.78 is 8.52. The van der Waals surface area contributed by atoms with Crippen molar-refractivity contribution in [3.8, 4) is 0 Å². The molecule has 0 unspecified atom stereocenters. The van der Waals surface area contributed by atoms with E-state index < -0.39 is 11.6 Å². The van der Waals surface area contributed by atoms with Gasteiger partial charge in [0.15, 0.2) is 0 Å². The summed E-state index contributed by atoms with van der Waals surface area (Å²) in [4.78, 5) is 25.6. The Morgan fingerprint density at radius 2 is 1.88 bits per heavy atom. The molecule has 6 heteroatoms. The molecule has 140 valence electrons. The second kappa shape index (κ2) is 6.74. The number of aromatic nitrogens is 3. The number of carbonyl (C=O) groups excluding carboxylic acids is 1. The molecule has 2 heterocycles. The lowest BCUT2D eigenvalue weighted by atomic mass is 9.96. The summed E-state index contributed by atoms with van der Waals surface area (Å²) in [6.07, 6.45) is 1.41. The highest BCUT2D eigenvalue weighted by molar-refractivity contribution is 5.75. The van der Waals surface area contributed by atoms with Crippen LogP contribution in [0.2, 0.25) is 0 Å². The van der Waals surface area contributed by atoms with Crippen molar-refractivity contribution in [2.45, 2.75) is 71.6 Å². The van der Waals surface area contributed by atoms with Gasteiger partial charge < -0.3 is 4.74 Å². The van der Waals surface area contributed by atoms with Crippen molar-refractivity contribution in [2.24, 2.45) is 0 Å². The maximum absolute atomic E-state index is 13.0. The maximum Gasteiger partial charge on any atom is 0.347 e. The van der Waals surface area contributed by atoms with Crippen molar-refractivity contribution in [1.82, 2.24) is 14.3 Å². The van der Waals surface area contributed by atoms with Crippen molar-refractivity contribution in [3.05, 3.63) is 51.7 Å². The monoisotopic (exact) mass is 357 g/mol. The van der Waals surface area contributed by atoms with Crippen LogP contribution in [0.5, 0.6) is 0 Å². The number of esters is 1. The van der Waals surface area contributed by atoms with Gasteiger partial charge in [-0.3, -0.25) is 4.57 Å². The number of carbonyl (C=O) groups is 1. The van der Waals surface area contributed by atoms with Crippen molar-refractivity contribution in [2.75, 3.05) is 0 Å². The second-order valence-electron chi connectivity index (χ2n) is 8.18. The average Bonchev–Trinajstić information content (AvgIpc) is 2.86. The van der Waals surface area contributed by atoms with Crippen LogP contribution in [0.25, 0.3) is 0 Å². The number of ether oxygens (including phenoxy) is 1. The Balaban J connectivity index is 1.95. The van der Waals surface area contributed by atoms with Gasteiger partial charge in [-0.25, -0.2) is 14.3 Å². The SMILES string of the molecule is Cc1ccc(Cn2nc3n(c2=O)[C@@H](C(=O)OC(C)(C)C)CC[C@H]3C)cc1. The Bertz CT molecular complexity index is 856. The molecule has 0 amide bonds. The number of fused-ring (bicyclic) bond motifs is 1. The molecular weight excluding hydrogens is 330 g/mol. The predicted octanol–water partition coefficient (Wildman–Crippen LogP) is 3.18. The average molecular weight is 357 g/mol. The fourth-order valence-electron chi connectivity index (χ4n) is 3.29. The van der Waals surface area contributed by atoms with E-state index in [1.807, 2.05) is 58.9 Å². The Hall–Kier alpha value is -2.37. The molecule has 1 aromatic heterocycles. The van der Waals surface area contributed by atoms with E-state index >= 15 is 0 Å². The first kappa shape index (κ1) is 18.4. The van der Waals surface area contributed by atoms with E-state index in [-0.39, 0.29) is 17.6 Å². The van der Waals surface area contributed by atoms with E-state index in [1.54, 1.807) is 0 Å². The molecule has 0 radical (unpaired) electrons. The summed E-state index contributed by atoms with van der Waals surface area (Å²) in [5, 5.41) is 4.54. The zero-order chi connectivity index (χ0) is 19.1. The molecule has 0 aliphatic carbocycles. The van der Waals surface area contributed by atoms with E-state index in [2.05, 4.69) is 5.10 Å². The largest absolute Gasteiger partial charge is 0.458 e. The smallest absolute Gasteiger partial charge is 0.347 e. The summed E-state index contributed by atoms with van der Waals surface area (Å²) in [5.74, 6) is 0.451. The minimum absolute atomic E-state index is 0.139. The Morgan fingerprint density at radius 3 is 2.50 bits per heavy atom. The van der Waals surface area contributed by atoms with Crippen LogP contribution in [-0.4, -0.2) is 25.9 Å². The molecule has 2 atom stereocenters. The first-order valence-corrected chi connectivity index (χ1v) is 9.13. The minimum Gasteiger partial charge on any atom is -0.458 e. The van der Waals surface area contributed by atoms with Crippen LogP contribution in [0, 0.1) is 6.92 Å². The standard InChI is InChI=1S/C20H27N3O3/c1-13-6-9-15(10-7-13)12-22-19(25)23-16(18(24)26-20(3,4)5)11-8-14(2)17(23)21-22/h6-7,9-10,14,16H,8,11-12H2,1-5H3/t14-,16-/m1/s1. The molecule has 3 rings (SSSR count). The topological polar surface area (TPSA) is 66.1 Å². The highest BCUT2D eigenvalue weighted by atomic mass is 16.6. The summed E-state index contributed by atoms with van der Waals surface area (Å²) in [6, 6.07) is 7.43. The molecule has 2 aromatic rings. The Morgan fingerprint density at radius 1 is 1.23 bits per heavy atom. The Kier molecular flexibility index (Phi) is 4.78. The molecule has 1 aliphatic heterocycles. The lowest BCUT2D eigenvalue weighted by Crippen LogP contribution is -2.38. The van der Waals surface area contributed by atoms with Crippen LogP contribution in [0.4, 0.5) is 0 Å². The number of hydrogen-bond acceptors (Lipinski definition) is 4. The fourth-order valence-corrected chi connectivity index (χ4v) is 3.29. The highest BCUT2D eigenvalue weighted by Gasteiger charge is 2.36. The quantitative estimate of drug-likeness (QED) is 0.791. The van der Waals surface area contributed by atoms with E-state index in [1.165, 1.54) is 14.8 Å². The Labute approximate surface area is 153 Å². The normalized spacial score (nSPS) is 19.9. The molecule has 6 nitrogen and oxygen atoms in total. The lowest BCUT2D eigenvalue weighted by molar-refractivity contribution is -0.159. The number of aryl methyl sites for hydroxylation is 1. The predicted molar refractivity (Wildman–Crippen MR) is 99.3 cm³/mol. The summed E-state index contributed by atoms with van der Waals surface area (Å²) in [7, 11) is 0. The summed E-state index contributed by atoms with van der Waals surface area (Å²) in [5.41, 5.74) is 1.35. The molecule has 1 aliphatic rings. The molecule has 0 saturated carbocycles. The van der Waals surface area contributed by atoms with Gasteiger partial charge in [0.2, 0.25) is 0 Å². The van der Waals surface area contributed by atoms with Crippen molar-refractivity contribution in [1.29, 1.82) is 0 Å². The first-order valence-electron chi connectivity index (χ1n) is 9.13. The van der Waals surface area contributed by atoms with E-state index in [9.17, 15) is 9.59 Å². The molecular formula is C20H27N3O3. The van der Waals surface area contributed by atoms with Gasteiger partial charge in [0, 0.05) is 5.92 Å². The maximum atomic E-state index is 13.0. The number of benzene rings is 1. The number of rotatable bonds is 3. The molecule has 0 bridgehead atoms. The third kappa shape index (κ3) is 3.74. The van der Waals surface area contributed by atoms with Crippen molar-refractivity contribution in [3.63, 3.8) is 0 Å². The zero-order valence-corrected chi connectivity index (χ0v) is 16.2. The van der Waals surface area contributed by atoms with Gasteiger partial charge in [-0.05, 0) is 46.1 Å². The molecule has 1 aromatic carbocycles. The molecule has 0 N–H and O–H groups in total. The van der Waals surface area contributed by atoms with E-state index in [0.29, 0.717) is 18.8 Å². The summed E-state index contributed by atoms with van der Waals surface area (Å²) >= 11 is 0. The third-order valence-corrected chi connectivity index (χ3v) is 4.65. The van der Waals surface area contributed by atoms with Gasteiger partial charge >= 0.3 is 11.7 Å².